The van der Waals surface area contributed by atoms with Crippen LogP contribution >= 0.6 is 0 Å². The van der Waals surface area contributed by atoms with Gasteiger partial charge in [-0.25, -0.2) is 15.3 Å². The van der Waals surface area contributed by atoms with E-state index in [9.17, 15) is 0 Å². The van der Waals surface area contributed by atoms with Crippen molar-refractivity contribution in [2.24, 2.45) is 0 Å². The van der Waals surface area contributed by atoms with Crippen LogP contribution in [0.5, 0.6) is 0 Å². The van der Waals surface area contributed by atoms with Crippen molar-refractivity contribution in [3.8, 4) is 0 Å². The fourth-order valence-electron chi connectivity index (χ4n) is 2.95. The fourth-order valence-corrected chi connectivity index (χ4v) is 2.95. The van der Waals surface area contributed by atoms with Gasteiger partial charge in [-0.1, -0.05) is 0 Å². The van der Waals surface area contributed by atoms with Crippen LogP contribution in [-0.4, -0.2) is 36.2 Å². The molecule has 139 valence electrons. The summed E-state index contributed by atoms with van der Waals surface area (Å²) in [4.78, 5) is 0. The Morgan fingerprint density at radius 2 is 0.846 bits per heavy atom. The van der Waals surface area contributed by atoms with E-state index in [0.29, 0.717) is 0 Å². The number of nitrogens with zero attached hydrogens (tertiary/aromatic N) is 6. The minimum absolute atomic E-state index is 0. The molecule has 6 nitrogen and oxygen atoms in total. The van der Waals surface area contributed by atoms with Crippen molar-refractivity contribution in [2.75, 3.05) is 0 Å². The van der Waals surface area contributed by atoms with Gasteiger partial charge in [-0.2, -0.15) is 0 Å². The van der Waals surface area contributed by atoms with Crippen LogP contribution in [0.25, 0.3) is 0 Å². The molecule has 3 heterocycles. The Kier molecular flexibility index (Phi) is 12.1. The van der Waals surface area contributed by atoms with Gasteiger partial charge < -0.3 is 28.6 Å². The van der Waals surface area contributed by atoms with E-state index in [4.69, 9.17) is 0 Å². The molecule has 0 unspecified atom stereocenters. The van der Waals surface area contributed by atoms with Crippen LogP contribution in [0.15, 0.2) is 18.2 Å². The molecule has 0 bridgehead atoms. The molecule has 3 aromatic rings. The zero-order chi connectivity index (χ0) is 16.0. The molecule has 0 amide bonds. The van der Waals surface area contributed by atoms with Gasteiger partial charge in [0.25, 0.3) is 7.12 Å². The van der Waals surface area contributed by atoms with Crippen LogP contribution in [0.3, 0.4) is 0 Å². The third-order valence-corrected chi connectivity index (χ3v) is 3.79. The van der Waals surface area contributed by atoms with E-state index < -0.39 is 0 Å². The maximum atomic E-state index is 4.66. The average molecular weight is 560 g/mol. The Labute approximate surface area is 214 Å². The summed E-state index contributed by atoms with van der Waals surface area (Å²) in [6, 6.07) is 6.22. The molecule has 9 heteroatoms. The van der Waals surface area contributed by atoms with Crippen LogP contribution in [0.2, 0.25) is 0 Å². The third kappa shape index (κ3) is 5.52. The van der Waals surface area contributed by atoms with Crippen LogP contribution in [0.4, 0.5) is 0 Å². The Hall–Kier alpha value is 0.0196. The first-order chi connectivity index (χ1) is 10.4. The van der Waals surface area contributed by atoms with Gasteiger partial charge in [0.05, 0.1) is 17.1 Å². The van der Waals surface area contributed by atoms with Gasteiger partial charge in [-0.05, 0) is 76.8 Å². The van der Waals surface area contributed by atoms with Gasteiger partial charge in [0, 0.05) is 0 Å². The molecule has 0 saturated carbocycles. The van der Waals surface area contributed by atoms with E-state index in [1.807, 2.05) is 34.5 Å². The second kappa shape index (κ2) is 11.1. The topological polar surface area (TPSA) is 53.5 Å². The largest absolute Gasteiger partial charge is 2.00 e. The van der Waals surface area contributed by atoms with Crippen molar-refractivity contribution in [3.05, 3.63) is 67.2 Å². The predicted molar refractivity (Wildman–Crippen MR) is 99.9 cm³/mol. The smallest absolute Gasteiger partial charge is 0.422 e. The third-order valence-electron chi connectivity index (χ3n) is 3.79. The normalized spacial score (nSPS) is 9.81. The Bertz CT molecular complexity index is 729. The monoisotopic (exact) mass is 560 g/mol. The molecule has 26 heavy (non-hydrogen) atoms. The Morgan fingerprint density at radius 1 is 0.615 bits per heavy atom. The number of rotatable bonds is 3. The first-order valence-corrected chi connectivity index (χ1v) is 7.45. The van der Waals surface area contributed by atoms with Crippen LogP contribution in [-0.2, 0) is 21.1 Å². The second-order valence-corrected chi connectivity index (χ2v) is 5.96. The van der Waals surface area contributed by atoms with Crippen LogP contribution < -0.4 is 51.4 Å². The molecule has 3 aromatic heterocycles. The summed E-state index contributed by atoms with van der Waals surface area (Å²) in [6.45, 7) is 12.2. The van der Waals surface area contributed by atoms with Gasteiger partial charge in [-0.15, -0.1) is 0 Å². The van der Waals surface area contributed by atoms with Crippen LogP contribution in [0.1, 0.15) is 34.2 Å². The van der Waals surface area contributed by atoms with Crippen molar-refractivity contribution < 1.29 is 72.4 Å². The predicted octanol–water partition coefficient (Wildman–Crippen LogP) is -0.0417. The molecule has 3 rings (SSSR count). The maximum Gasteiger partial charge on any atom is 2.00 e. The minimum Gasteiger partial charge on any atom is -0.422 e. The second-order valence-electron chi connectivity index (χ2n) is 5.96. The molecule has 1 radical (unpaired) electrons. The van der Waals surface area contributed by atoms with Gasteiger partial charge in [0.15, 0.2) is 0 Å². The zero-order valence-corrected chi connectivity index (χ0v) is 22.7. The van der Waals surface area contributed by atoms with Gasteiger partial charge >= 0.3 is 72.4 Å². The number of hydrogen-bond donors (Lipinski definition) is 0. The zero-order valence-electron chi connectivity index (χ0n) is 17.3. The van der Waals surface area contributed by atoms with E-state index >= 15 is 0 Å². The van der Waals surface area contributed by atoms with E-state index in [1.165, 1.54) is 0 Å². The van der Waals surface area contributed by atoms with E-state index in [0.717, 1.165) is 34.2 Å². The summed E-state index contributed by atoms with van der Waals surface area (Å²) in [7, 11) is -0.226. The van der Waals surface area contributed by atoms with Crippen molar-refractivity contribution >= 4 is 7.12 Å². The number of aromatic nitrogens is 6. The average Bonchev–Trinajstić information content (AvgIpc) is 3.02. The molecule has 0 aromatic carbocycles. The summed E-state index contributed by atoms with van der Waals surface area (Å²) >= 11 is 0. The summed E-state index contributed by atoms with van der Waals surface area (Å²) < 4.78 is 5.94. The minimum atomic E-state index is -0.226. The summed E-state index contributed by atoms with van der Waals surface area (Å²) in [6.07, 6.45) is 0. The summed E-state index contributed by atoms with van der Waals surface area (Å²) in [5, 5.41) is 14.0. The van der Waals surface area contributed by atoms with Gasteiger partial charge in [0.1, 0.15) is 0 Å². The molecule has 0 aliphatic rings. The van der Waals surface area contributed by atoms with Gasteiger partial charge in [0.2, 0.25) is 0 Å². The molecular weight excluding hydrogens is 533 g/mol. The molecule has 0 aliphatic heterocycles. The van der Waals surface area contributed by atoms with Crippen molar-refractivity contribution in [3.63, 3.8) is 0 Å². The SMILES string of the molecule is Cc1cc(C)n([B-](n2nc(C)cc2C)n2nc(C)cc2C)n1.[CH3-].[CH3-].[K+].[Pt+2]. The Morgan fingerprint density at radius 3 is 1.00 bits per heavy atom. The Balaban J connectivity index is 0. The van der Waals surface area contributed by atoms with Crippen molar-refractivity contribution in [2.45, 2.75) is 41.5 Å². The molecule has 0 saturated heterocycles. The maximum absolute atomic E-state index is 4.66. The standard InChI is InChI=1S/C15H21BN6.2CH3.K.Pt/c1-10-7-13(4)20(17-10)16(21-14(5)8-11(2)18-21)22-15(6)9-12(3)19-22;;;;/h7-9H,1-6H3;2*1H3;;/q3*-1;+1;+2. The molecule has 0 N–H and O–H groups in total. The quantitative estimate of drug-likeness (QED) is 0.334. The molecular formula is C17H27BKN6Pt. The van der Waals surface area contributed by atoms with Crippen LogP contribution in [0, 0.1) is 56.4 Å². The summed E-state index contributed by atoms with van der Waals surface area (Å²) in [5.41, 5.74) is 6.23. The van der Waals surface area contributed by atoms with Gasteiger partial charge in [-0.3, -0.25) is 0 Å². The first-order valence-electron chi connectivity index (χ1n) is 7.45. The fraction of sp³-hybridized carbons (Fsp3) is 0.353. The van der Waals surface area contributed by atoms with E-state index in [-0.39, 0.29) is 94.4 Å². The van der Waals surface area contributed by atoms with Crippen molar-refractivity contribution in [1.29, 1.82) is 0 Å². The van der Waals surface area contributed by atoms with Crippen molar-refractivity contribution in [1.82, 2.24) is 29.1 Å². The molecule has 0 spiro atoms. The van der Waals surface area contributed by atoms with E-state index in [2.05, 4.69) is 54.3 Å². The molecule has 0 aliphatic carbocycles. The number of aryl methyl sites for hydroxylation is 6. The summed E-state index contributed by atoms with van der Waals surface area (Å²) in [5.74, 6) is 0. The molecule has 0 atom stereocenters. The number of hydrogen-bond acceptors (Lipinski definition) is 3. The first kappa shape index (κ1) is 28.2. The van der Waals surface area contributed by atoms with E-state index in [1.54, 1.807) is 0 Å². The molecule has 0 fully saturated rings.